The second-order valence-corrected chi connectivity index (χ2v) is 22.6. The van der Waals surface area contributed by atoms with Crippen LogP contribution in [0.15, 0.2) is 11.6 Å². The molecule has 0 radical (unpaired) electrons. The fraction of sp³-hybridized carbons (Fsp3) is 0.852. The first-order valence-electron chi connectivity index (χ1n) is 12.6. The van der Waals surface area contributed by atoms with Gasteiger partial charge in [0.05, 0.1) is 0 Å². The van der Waals surface area contributed by atoms with E-state index in [1.165, 1.54) is 24.8 Å². The number of hydrogen-bond donors (Lipinski definition) is 1. The molecule has 2 rings (SSSR count). The van der Waals surface area contributed by atoms with E-state index in [1.54, 1.807) is 0 Å². The molecule has 0 heterocycles. The minimum Gasteiger partial charge on any atom is -0.414 e. The predicted molar refractivity (Wildman–Crippen MR) is 142 cm³/mol. The van der Waals surface area contributed by atoms with Crippen molar-refractivity contribution in [3.8, 4) is 11.8 Å². The molecule has 1 N–H and O–H groups in total. The fourth-order valence-corrected chi connectivity index (χ4v) is 8.21. The Kier molecular flexibility index (Phi) is 8.13. The quantitative estimate of drug-likeness (QED) is 0.250. The van der Waals surface area contributed by atoms with Crippen LogP contribution in [0, 0.1) is 29.1 Å². The lowest BCUT2D eigenvalue weighted by Crippen LogP contribution is -2.47. The van der Waals surface area contributed by atoms with Crippen molar-refractivity contribution in [3.63, 3.8) is 0 Å². The molecule has 2 aliphatic carbocycles. The Bertz CT molecular complexity index is 760. The topological polar surface area (TPSA) is 38.7 Å². The van der Waals surface area contributed by atoms with Crippen LogP contribution in [-0.4, -0.2) is 39.6 Å². The van der Waals surface area contributed by atoms with Crippen molar-refractivity contribution < 1.29 is 14.0 Å². The van der Waals surface area contributed by atoms with Gasteiger partial charge in [-0.25, -0.2) is 0 Å². The van der Waals surface area contributed by atoms with Crippen molar-refractivity contribution >= 4 is 16.6 Å². The van der Waals surface area contributed by atoms with Crippen LogP contribution in [0.2, 0.25) is 37.8 Å². The Morgan fingerprint density at radius 2 is 1.72 bits per heavy atom. The molecule has 0 bridgehead atoms. The van der Waals surface area contributed by atoms with Crippen molar-refractivity contribution in [2.24, 2.45) is 17.3 Å². The molecule has 0 aromatic heterocycles. The molecule has 1 fully saturated rings. The van der Waals surface area contributed by atoms with Gasteiger partial charge < -0.3 is 14.0 Å². The standard InChI is InChI=1S/C27H50O3Si2/c1-20(23(28)17-19-26(5,6)30-32(11,12)25(2,3)4)21-15-16-22-24(29-31(8,9)10)14-13-18-27(21,22)7/h15,20,22-24,28H,13-14,16,18H2,1-12H3/t20-,22-,23?,24-,27+/m0/s1. The molecule has 0 saturated heterocycles. The molecule has 0 amide bonds. The highest BCUT2D eigenvalue weighted by molar-refractivity contribution is 6.74. The molecule has 32 heavy (non-hydrogen) atoms. The molecule has 0 aromatic rings. The van der Waals surface area contributed by atoms with Gasteiger partial charge in [0.2, 0.25) is 0 Å². The molecule has 3 nitrogen and oxygen atoms in total. The van der Waals surface area contributed by atoms with Crippen molar-refractivity contribution in [1.82, 2.24) is 0 Å². The maximum Gasteiger partial charge on any atom is 0.194 e. The van der Waals surface area contributed by atoms with E-state index in [0.29, 0.717) is 12.0 Å². The van der Waals surface area contributed by atoms with Gasteiger partial charge in [-0.2, -0.15) is 0 Å². The van der Waals surface area contributed by atoms with E-state index in [1.807, 2.05) is 13.8 Å². The first kappa shape index (κ1) is 27.9. The smallest absolute Gasteiger partial charge is 0.194 e. The lowest BCUT2D eigenvalue weighted by atomic mass is 9.63. The van der Waals surface area contributed by atoms with Crippen LogP contribution in [0.25, 0.3) is 0 Å². The fourth-order valence-electron chi connectivity index (χ4n) is 5.39. The molecular weight excluding hydrogens is 428 g/mol. The summed E-state index contributed by atoms with van der Waals surface area (Å²) in [7, 11) is -3.51. The van der Waals surface area contributed by atoms with Crippen LogP contribution in [0.3, 0.4) is 0 Å². The van der Waals surface area contributed by atoms with Crippen molar-refractivity contribution in [2.75, 3.05) is 0 Å². The van der Waals surface area contributed by atoms with E-state index >= 15 is 0 Å². The Balaban J connectivity index is 2.15. The lowest BCUT2D eigenvalue weighted by Gasteiger charge is -2.47. The van der Waals surface area contributed by atoms with Crippen LogP contribution >= 0.6 is 0 Å². The van der Waals surface area contributed by atoms with E-state index in [4.69, 9.17) is 8.85 Å². The summed E-state index contributed by atoms with van der Waals surface area (Å²) in [6, 6.07) is 0. The van der Waals surface area contributed by atoms with E-state index in [0.717, 1.165) is 6.42 Å². The van der Waals surface area contributed by atoms with E-state index in [-0.39, 0.29) is 16.4 Å². The average Bonchev–Trinajstić information content (AvgIpc) is 2.94. The summed E-state index contributed by atoms with van der Waals surface area (Å²) in [6.45, 7) is 26.7. The molecule has 0 aliphatic heterocycles. The van der Waals surface area contributed by atoms with E-state index in [9.17, 15) is 5.11 Å². The second kappa shape index (κ2) is 9.34. The molecule has 1 saturated carbocycles. The first-order valence-corrected chi connectivity index (χ1v) is 18.9. The molecule has 5 atom stereocenters. The Labute approximate surface area is 201 Å². The predicted octanol–water partition coefficient (Wildman–Crippen LogP) is 7.14. The number of fused-ring (bicyclic) bond motifs is 1. The molecule has 0 aromatic carbocycles. The van der Waals surface area contributed by atoms with Crippen LogP contribution in [0.4, 0.5) is 0 Å². The zero-order chi connectivity index (χ0) is 24.8. The minimum absolute atomic E-state index is 0.0202. The van der Waals surface area contributed by atoms with Crippen LogP contribution in [0.1, 0.15) is 74.1 Å². The summed E-state index contributed by atoms with van der Waals surface area (Å²) in [6.07, 6.45) is 6.66. The summed E-state index contributed by atoms with van der Waals surface area (Å²) < 4.78 is 13.2. The third-order valence-electron chi connectivity index (χ3n) is 8.01. The molecule has 184 valence electrons. The normalized spacial score (nSPS) is 29.0. The van der Waals surface area contributed by atoms with Crippen LogP contribution < -0.4 is 0 Å². The van der Waals surface area contributed by atoms with Gasteiger partial charge >= 0.3 is 0 Å². The van der Waals surface area contributed by atoms with Gasteiger partial charge in [-0.15, -0.1) is 0 Å². The van der Waals surface area contributed by atoms with Gasteiger partial charge in [-0.05, 0) is 82.2 Å². The van der Waals surface area contributed by atoms with Gasteiger partial charge in [0.25, 0.3) is 0 Å². The van der Waals surface area contributed by atoms with Gasteiger partial charge in [0.1, 0.15) is 11.7 Å². The average molecular weight is 479 g/mol. The molecule has 1 unspecified atom stereocenters. The monoisotopic (exact) mass is 478 g/mol. The number of hydrogen-bond acceptors (Lipinski definition) is 3. The van der Waals surface area contributed by atoms with Crippen LogP contribution in [-0.2, 0) is 8.85 Å². The zero-order valence-corrected chi connectivity index (χ0v) is 25.0. The van der Waals surface area contributed by atoms with Gasteiger partial charge in [0, 0.05) is 12.0 Å². The third kappa shape index (κ3) is 6.39. The molecular formula is C27H50O3Si2. The number of aliphatic hydroxyl groups excluding tert-OH is 1. The largest absolute Gasteiger partial charge is 0.414 e. The molecule has 5 heteroatoms. The van der Waals surface area contributed by atoms with Crippen molar-refractivity contribution in [2.45, 2.75) is 130 Å². The van der Waals surface area contributed by atoms with Gasteiger partial charge in [0.15, 0.2) is 16.6 Å². The summed E-state index contributed by atoms with van der Waals surface area (Å²) in [5, 5.41) is 11.2. The first-order chi connectivity index (χ1) is 14.3. The number of allylic oxidation sites excluding steroid dienone is 1. The summed E-state index contributed by atoms with van der Waals surface area (Å²) in [5.41, 5.74) is 0.926. The van der Waals surface area contributed by atoms with Gasteiger partial charge in [-0.1, -0.05) is 64.5 Å². The van der Waals surface area contributed by atoms with E-state index < -0.39 is 28.3 Å². The summed E-state index contributed by atoms with van der Waals surface area (Å²) in [5.74, 6) is 7.00. The summed E-state index contributed by atoms with van der Waals surface area (Å²) >= 11 is 0. The SMILES string of the molecule is C[C@@H](C1=CC[C@H]2[C@@H](O[Si](C)(C)C)CCC[C@]12C)C(O)C#CC(C)(C)O[Si](C)(C)C(C)(C)C. The highest BCUT2D eigenvalue weighted by Gasteiger charge is 2.50. The second-order valence-electron chi connectivity index (χ2n) is 13.5. The maximum absolute atomic E-state index is 11.1. The number of rotatable bonds is 6. The Hall–Kier alpha value is -0.386. The minimum atomic E-state index is -1.93. The number of aliphatic hydroxyl groups is 1. The Morgan fingerprint density at radius 1 is 1.12 bits per heavy atom. The third-order valence-corrected chi connectivity index (χ3v) is 13.7. The summed E-state index contributed by atoms with van der Waals surface area (Å²) in [4.78, 5) is 0. The van der Waals surface area contributed by atoms with Crippen molar-refractivity contribution in [3.05, 3.63) is 11.6 Å². The van der Waals surface area contributed by atoms with Crippen molar-refractivity contribution in [1.29, 1.82) is 0 Å². The van der Waals surface area contributed by atoms with Gasteiger partial charge in [-0.3, -0.25) is 0 Å². The van der Waals surface area contributed by atoms with Crippen LogP contribution in [0.5, 0.6) is 0 Å². The lowest BCUT2D eigenvalue weighted by molar-refractivity contribution is 0.0166. The highest BCUT2D eigenvalue weighted by Crippen LogP contribution is 2.56. The Morgan fingerprint density at radius 3 is 2.25 bits per heavy atom. The molecule has 2 aliphatic rings. The maximum atomic E-state index is 11.1. The van der Waals surface area contributed by atoms with E-state index in [2.05, 4.69) is 85.3 Å². The zero-order valence-electron chi connectivity index (χ0n) is 23.0. The molecule has 0 spiro atoms. The highest BCUT2D eigenvalue weighted by atomic mass is 28.4.